The topological polar surface area (TPSA) is 66.5 Å². The first-order chi connectivity index (χ1) is 7.47. The average molecular weight is 285 g/mol. The molecule has 0 saturated heterocycles. The van der Waals surface area contributed by atoms with Crippen molar-refractivity contribution in [3.63, 3.8) is 0 Å². The molecule has 0 aromatic heterocycles. The van der Waals surface area contributed by atoms with Crippen molar-refractivity contribution in [1.29, 1.82) is 0 Å². The number of halogens is 3. The minimum atomic E-state index is -1.17. The molecule has 0 fully saturated rings. The lowest BCUT2D eigenvalue weighted by Crippen LogP contribution is -2.19. The van der Waals surface area contributed by atoms with Crippen molar-refractivity contribution in [2.75, 3.05) is 11.6 Å². The van der Waals surface area contributed by atoms with E-state index in [1.54, 1.807) is 0 Å². The largest absolute Gasteiger partial charge is 0.399 e. The summed E-state index contributed by atoms with van der Waals surface area (Å²) in [5.74, 6) is 0.239. The predicted molar refractivity (Wildman–Crippen MR) is 67.2 cm³/mol. The Bertz CT molecular complexity index is 350. The van der Waals surface area contributed by atoms with Gasteiger partial charge in [-0.3, -0.25) is 0 Å². The van der Waals surface area contributed by atoms with Crippen molar-refractivity contribution in [2.45, 2.75) is 18.6 Å². The van der Waals surface area contributed by atoms with Gasteiger partial charge in [-0.05, 0) is 18.6 Å². The molecule has 0 heterocycles. The zero-order valence-corrected chi connectivity index (χ0v) is 10.6. The van der Waals surface area contributed by atoms with Crippen LogP contribution in [0.4, 0.5) is 5.69 Å². The average Bonchev–Trinajstić information content (AvgIpc) is 2.16. The molecule has 90 valence electrons. The third-order valence-electron chi connectivity index (χ3n) is 2.17. The van der Waals surface area contributed by atoms with E-state index < -0.39 is 12.2 Å². The van der Waals surface area contributed by atoms with Crippen LogP contribution in [0, 0.1) is 0 Å². The summed E-state index contributed by atoms with van der Waals surface area (Å²) >= 11 is 17.3. The molecule has 0 aliphatic carbocycles. The number of aliphatic hydroxyl groups excluding tert-OH is 2. The molecule has 0 bridgehead atoms. The second-order valence-corrected chi connectivity index (χ2v) is 4.58. The molecule has 1 aromatic rings. The standard InChI is InChI=1S/C10H12Cl3NO2/c11-2-1-8(15)10(16)9-6(12)3-5(14)4-7(9)13/h3-4,8,10,15-16H,1-2,14H2. The van der Waals surface area contributed by atoms with Crippen LogP contribution in [0.5, 0.6) is 0 Å². The van der Waals surface area contributed by atoms with E-state index in [2.05, 4.69) is 0 Å². The highest BCUT2D eigenvalue weighted by molar-refractivity contribution is 6.36. The Morgan fingerprint density at radius 3 is 2.12 bits per heavy atom. The molecule has 0 aliphatic rings. The lowest BCUT2D eigenvalue weighted by Gasteiger charge is -2.19. The maximum Gasteiger partial charge on any atom is 0.108 e. The van der Waals surface area contributed by atoms with Crippen LogP contribution in [0.1, 0.15) is 18.1 Å². The number of rotatable bonds is 4. The minimum Gasteiger partial charge on any atom is -0.399 e. The molecule has 6 heteroatoms. The van der Waals surface area contributed by atoms with Crippen molar-refractivity contribution in [3.8, 4) is 0 Å². The number of benzene rings is 1. The Kier molecular flexibility index (Phi) is 5.15. The maximum atomic E-state index is 9.85. The normalized spacial score (nSPS) is 14.8. The van der Waals surface area contributed by atoms with Gasteiger partial charge in [-0.2, -0.15) is 0 Å². The molecule has 2 unspecified atom stereocenters. The fraction of sp³-hybridized carbons (Fsp3) is 0.400. The minimum absolute atomic E-state index is 0.228. The Morgan fingerprint density at radius 1 is 1.19 bits per heavy atom. The number of hydrogen-bond acceptors (Lipinski definition) is 3. The third-order valence-corrected chi connectivity index (χ3v) is 3.01. The first-order valence-electron chi connectivity index (χ1n) is 4.64. The lowest BCUT2D eigenvalue weighted by atomic mass is 10.0. The Hall–Kier alpha value is -0.190. The van der Waals surface area contributed by atoms with E-state index >= 15 is 0 Å². The summed E-state index contributed by atoms with van der Waals surface area (Å²) in [4.78, 5) is 0. The smallest absolute Gasteiger partial charge is 0.108 e. The summed E-state index contributed by atoms with van der Waals surface area (Å²) < 4.78 is 0. The fourth-order valence-corrected chi connectivity index (χ4v) is 2.30. The fourth-order valence-electron chi connectivity index (χ4n) is 1.35. The number of nitrogens with two attached hydrogens (primary N) is 1. The van der Waals surface area contributed by atoms with Gasteiger partial charge in [0.1, 0.15) is 6.10 Å². The molecule has 0 spiro atoms. The summed E-state index contributed by atoms with van der Waals surface area (Å²) in [5, 5.41) is 19.9. The zero-order chi connectivity index (χ0) is 12.3. The highest BCUT2D eigenvalue weighted by Crippen LogP contribution is 2.34. The predicted octanol–water partition coefficient (Wildman–Crippen LogP) is 2.60. The van der Waals surface area contributed by atoms with Crippen molar-refractivity contribution in [3.05, 3.63) is 27.7 Å². The van der Waals surface area contributed by atoms with Crippen molar-refractivity contribution >= 4 is 40.5 Å². The van der Waals surface area contributed by atoms with Gasteiger partial charge in [-0.15, -0.1) is 11.6 Å². The van der Waals surface area contributed by atoms with Crippen LogP contribution in [0.15, 0.2) is 12.1 Å². The zero-order valence-electron chi connectivity index (χ0n) is 8.33. The van der Waals surface area contributed by atoms with Crippen LogP contribution in [0.3, 0.4) is 0 Å². The van der Waals surface area contributed by atoms with Crippen LogP contribution in [-0.2, 0) is 0 Å². The Labute approximate surface area is 109 Å². The molecule has 2 atom stereocenters. The molecular weight excluding hydrogens is 272 g/mol. The molecule has 1 aromatic carbocycles. The van der Waals surface area contributed by atoms with Crippen LogP contribution in [0.2, 0.25) is 10.0 Å². The van der Waals surface area contributed by atoms with Gasteiger partial charge in [-0.1, -0.05) is 23.2 Å². The number of hydrogen-bond donors (Lipinski definition) is 3. The number of nitrogen functional groups attached to an aromatic ring is 1. The molecule has 0 radical (unpaired) electrons. The van der Waals surface area contributed by atoms with Crippen molar-refractivity contribution in [2.24, 2.45) is 0 Å². The molecule has 0 amide bonds. The van der Waals surface area contributed by atoms with Crippen LogP contribution >= 0.6 is 34.8 Å². The maximum absolute atomic E-state index is 9.85. The van der Waals surface area contributed by atoms with E-state index in [1.165, 1.54) is 12.1 Å². The van der Waals surface area contributed by atoms with Crippen LogP contribution in [0.25, 0.3) is 0 Å². The second kappa shape index (κ2) is 5.94. The summed E-state index contributed by atoms with van der Waals surface area (Å²) in [6.45, 7) is 0. The first kappa shape index (κ1) is 13.9. The quantitative estimate of drug-likeness (QED) is 0.588. The van der Waals surface area contributed by atoms with Crippen LogP contribution in [-0.4, -0.2) is 22.2 Å². The molecule has 1 rings (SSSR count). The Morgan fingerprint density at radius 2 is 1.69 bits per heavy atom. The monoisotopic (exact) mass is 283 g/mol. The molecule has 3 nitrogen and oxygen atoms in total. The molecular formula is C10H12Cl3NO2. The SMILES string of the molecule is Nc1cc(Cl)c(C(O)C(O)CCCl)c(Cl)c1. The van der Waals surface area contributed by atoms with Gasteiger partial charge >= 0.3 is 0 Å². The van der Waals surface area contributed by atoms with E-state index in [4.69, 9.17) is 40.5 Å². The van der Waals surface area contributed by atoms with Gasteiger partial charge in [0.15, 0.2) is 0 Å². The summed E-state index contributed by atoms with van der Waals surface area (Å²) in [6, 6.07) is 2.94. The molecule has 0 aliphatic heterocycles. The summed E-state index contributed by atoms with van der Waals surface area (Å²) in [7, 11) is 0. The number of alkyl halides is 1. The van der Waals surface area contributed by atoms with Crippen molar-refractivity contribution < 1.29 is 10.2 Å². The van der Waals surface area contributed by atoms with Gasteiger partial charge in [0, 0.05) is 27.2 Å². The van der Waals surface area contributed by atoms with Gasteiger partial charge in [0.2, 0.25) is 0 Å². The third kappa shape index (κ3) is 3.15. The lowest BCUT2D eigenvalue weighted by molar-refractivity contribution is 0.0171. The first-order valence-corrected chi connectivity index (χ1v) is 5.93. The molecule has 4 N–H and O–H groups in total. The van der Waals surface area contributed by atoms with Crippen LogP contribution < -0.4 is 5.73 Å². The van der Waals surface area contributed by atoms with Gasteiger partial charge in [0.05, 0.1) is 6.10 Å². The van der Waals surface area contributed by atoms with Gasteiger partial charge in [0.25, 0.3) is 0 Å². The van der Waals surface area contributed by atoms with E-state index in [0.717, 1.165) is 0 Å². The highest BCUT2D eigenvalue weighted by Gasteiger charge is 2.23. The van der Waals surface area contributed by atoms with E-state index in [1.807, 2.05) is 0 Å². The van der Waals surface area contributed by atoms with Gasteiger partial charge < -0.3 is 15.9 Å². The number of aliphatic hydroxyl groups is 2. The molecule has 16 heavy (non-hydrogen) atoms. The summed E-state index contributed by atoms with van der Waals surface area (Å²) in [6.07, 6.45) is -1.92. The van der Waals surface area contributed by atoms with E-state index in [0.29, 0.717) is 5.69 Å². The second-order valence-electron chi connectivity index (χ2n) is 3.39. The molecule has 0 saturated carbocycles. The van der Waals surface area contributed by atoms with E-state index in [9.17, 15) is 10.2 Å². The highest BCUT2D eigenvalue weighted by atomic mass is 35.5. The van der Waals surface area contributed by atoms with E-state index in [-0.39, 0.29) is 27.9 Å². The number of anilines is 1. The summed E-state index contributed by atoms with van der Waals surface area (Å²) in [5.41, 5.74) is 6.20. The Balaban J connectivity index is 3.03. The van der Waals surface area contributed by atoms with Crippen molar-refractivity contribution in [1.82, 2.24) is 0 Å². The van der Waals surface area contributed by atoms with Gasteiger partial charge in [-0.25, -0.2) is 0 Å².